The molecule has 0 aromatic rings. The molecular formula is C11H22N4O2. The summed E-state index contributed by atoms with van der Waals surface area (Å²) in [5.74, 6) is -0.323. The number of carbonyl (C=O) groups excluding carboxylic acids is 2. The molecule has 1 fully saturated rings. The van der Waals surface area contributed by atoms with Gasteiger partial charge in [-0.3, -0.25) is 14.5 Å². The average molecular weight is 242 g/mol. The lowest BCUT2D eigenvalue weighted by atomic mass is 10.1. The quantitative estimate of drug-likeness (QED) is 0.649. The Balaban J connectivity index is 2.68. The predicted molar refractivity (Wildman–Crippen MR) is 65.3 cm³/mol. The molecule has 1 aliphatic heterocycles. The van der Waals surface area contributed by atoms with Crippen LogP contribution in [0.1, 0.15) is 0 Å². The Morgan fingerprint density at radius 1 is 1.29 bits per heavy atom. The topological polar surface area (TPSA) is 69.9 Å². The van der Waals surface area contributed by atoms with Crippen LogP contribution in [0.3, 0.4) is 0 Å². The summed E-state index contributed by atoms with van der Waals surface area (Å²) in [5, 5.41) is 0. The summed E-state index contributed by atoms with van der Waals surface area (Å²) >= 11 is 0. The zero-order valence-corrected chi connectivity index (χ0v) is 10.8. The fourth-order valence-electron chi connectivity index (χ4n) is 2.13. The van der Waals surface area contributed by atoms with Gasteiger partial charge in [-0.15, -0.1) is 0 Å². The first-order valence-corrected chi connectivity index (χ1v) is 5.80. The van der Waals surface area contributed by atoms with E-state index in [-0.39, 0.29) is 24.3 Å². The van der Waals surface area contributed by atoms with Crippen LogP contribution in [0, 0.1) is 5.92 Å². The molecular weight excluding hydrogens is 220 g/mol. The lowest BCUT2D eigenvalue weighted by Gasteiger charge is -2.24. The number of amides is 2. The first-order valence-electron chi connectivity index (χ1n) is 5.80. The molecule has 98 valence electrons. The Morgan fingerprint density at radius 3 is 2.47 bits per heavy atom. The van der Waals surface area contributed by atoms with Gasteiger partial charge in [0, 0.05) is 40.3 Å². The molecule has 0 aliphatic carbocycles. The molecule has 6 heteroatoms. The van der Waals surface area contributed by atoms with Crippen molar-refractivity contribution in [2.45, 2.75) is 0 Å². The first-order chi connectivity index (χ1) is 7.90. The third-order valence-corrected chi connectivity index (χ3v) is 2.98. The second kappa shape index (κ2) is 5.97. The molecule has 1 aliphatic rings. The van der Waals surface area contributed by atoms with E-state index in [1.165, 1.54) is 0 Å². The maximum atomic E-state index is 12.0. The van der Waals surface area contributed by atoms with Gasteiger partial charge in [-0.1, -0.05) is 0 Å². The Kier molecular flexibility index (Phi) is 4.89. The fourth-order valence-corrected chi connectivity index (χ4v) is 2.13. The molecule has 1 rings (SSSR count). The van der Waals surface area contributed by atoms with Crippen LogP contribution in [0.15, 0.2) is 0 Å². The van der Waals surface area contributed by atoms with Gasteiger partial charge in [0.05, 0.1) is 12.5 Å². The van der Waals surface area contributed by atoms with Crippen LogP contribution in [0.5, 0.6) is 0 Å². The molecule has 17 heavy (non-hydrogen) atoms. The third-order valence-electron chi connectivity index (χ3n) is 2.98. The van der Waals surface area contributed by atoms with Crippen LogP contribution in [0.4, 0.5) is 0 Å². The monoisotopic (exact) mass is 242 g/mol. The Morgan fingerprint density at radius 2 is 1.94 bits per heavy atom. The highest BCUT2D eigenvalue weighted by Crippen LogP contribution is 2.10. The summed E-state index contributed by atoms with van der Waals surface area (Å²) in [5.41, 5.74) is 5.20. The normalized spacial score (nSPS) is 23.1. The standard InChI is InChI=1S/C11H22N4O2/c1-13(2)11(17)9-6-14(3)4-5-15(7-9)8-10(12)16/h9H,4-8H2,1-3H3,(H2,12,16). The van der Waals surface area contributed by atoms with E-state index in [1.807, 2.05) is 11.9 Å². The van der Waals surface area contributed by atoms with E-state index in [0.717, 1.165) is 19.6 Å². The number of hydrogen-bond donors (Lipinski definition) is 1. The number of primary amides is 1. The highest BCUT2D eigenvalue weighted by molar-refractivity contribution is 5.79. The number of likely N-dealkylation sites (N-methyl/N-ethyl adjacent to an activating group) is 1. The molecule has 1 heterocycles. The SMILES string of the molecule is CN1CCN(CC(N)=O)CC(C(=O)N(C)C)C1. The number of nitrogens with two attached hydrogens (primary N) is 1. The molecule has 0 radical (unpaired) electrons. The van der Waals surface area contributed by atoms with Crippen molar-refractivity contribution in [2.24, 2.45) is 11.7 Å². The van der Waals surface area contributed by atoms with Gasteiger partial charge in [0.15, 0.2) is 0 Å². The van der Waals surface area contributed by atoms with Gasteiger partial charge in [0.1, 0.15) is 0 Å². The minimum absolute atomic E-state index is 0.0863. The molecule has 2 N–H and O–H groups in total. The molecule has 1 unspecified atom stereocenters. The fraction of sp³-hybridized carbons (Fsp3) is 0.818. The smallest absolute Gasteiger partial charge is 0.231 e. The number of nitrogens with zero attached hydrogens (tertiary/aromatic N) is 3. The van der Waals surface area contributed by atoms with E-state index < -0.39 is 0 Å². The summed E-state index contributed by atoms with van der Waals surface area (Å²) in [4.78, 5) is 28.6. The van der Waals surface area contributed by atoms with Crippen molar-refractivity contribution in [3.05, 3.63) is 0 Å². The zero-order chi connectivity index (χ0) is 13.0. The first kappa shape index (κ1) is 13.9. The molecule has 0 aromatic carbocycles. The van der Waals surface area contributed by atoms with Crippen molar-refractivity contribution in [1.29, 1.82) is 0 Å². The number of carbonyl (C=O) groups is 2. The third kappa shape index (κ3) is 4.32. The molecule has 0 spiro atoms. The summed E-state index contributed by atoms with van der Waals surface area (Å²) in [6.45, 7) is 3.18. The zero-order valence-electron chi connectivity index (χ0n) is 10.8. The van der Waals surface area contributed by atoms with E-state index in [1.54, 1.807) is 19.0 Å². The van der Waals surface area contributed by atoms with E-state index >= 15 is 0 Å². The lowest BCUT2D eigenvalue weighted by Crippen LogP contribution is -2.42. The van der Waals surface area contributed by atoms with Crippen LogP contribution >= 0.6 is 0 Å². The van der Waals surface area contributed by atoms with Crippen molar-refractivity contribution in [3.63, 3.8) is 0 Å². The van der Waals surface area contributed by atoms with Gasteiger partial charge >= 0.3 is 0 Å². The number of hydrogen-bond acceptors (Lipinski definition) is 4. The van der Waals surface area contributed by atoms with Gasteiger partial charge in [0.25, 0.3) is 0 Å². The second-order valence-electron chi connectivity index (χ2n) is 4.89. The molecule has 6 nitrogen and oxygen atoms in total. The summed E-state index contributed by atoms with van der Waals surface area (Å²) in [6.07, 6.45) is 0. The molecule has 1 saturated heterocycles. The molecule has 0 saturated carbocycles. The summed E-state index contributed by atoms with van der Waals surface area (Å²) < 4.78 is 0. The molecule has 1 atom stereocenters. The second-order valence-corrected chi connectivity index (χ2v) is 4.89. The molecule has 0 bridgehead atoms. The maximum absolute atomic E-state index is 12.0. The van der Waals surface area contributed by atoms with Crippen LogP contribution in [-0.4, -0.2) is 80.4 Å². The number of rotatable bonds is 3. The van der Waals surface area contributed by atoms with Gasteiger partial charge < -0.3 is 15.5 Å². The van der Waals surface area contributed by atoms with Gasteiger partial charge in [-0.05, 0) is 7.05 Å². The van der Waals surface area contributed by atoms with Gasteiger partial charge in [-0.2, -0.15) is 0 Å². The summed E-state index contributed by atoms with van der Waals surface area (Å²) in [7, 11) is 5.50. The average Bonchev–Trinajstić information content (AvgIpc) is 2.39. The van der Waals surface area contributed by atoms with Crippen LogP contribution in [0.2, 0.25) is 0 Å². The highest BCUT2D eigenvalue weighted by atomic mass is 16.2. The molecule has 0 aromatic heterocycles. The van der Waals surface area contributed by atoms with Crippen LogP contribution in [0.25, 0.3) is 0 Å². The van der Waals surface area contributed by atoms with Crippen molar-refractivity contribution in [3.8, 4) is 0 Å². The van der Waals surface area contributed by atoms with Crippen molar-refractivity contribution in [2.75, 3.05) is 53.9 Å². The van der Waals surface area contributed by atoms with Crippen molar-refractivity contribution in [1.82, 2.24) is 14.7 Å². The Labute approximate surface area is 102 Å². The van der Waals surface area contributed by atoms with E-state index in [4.69, 9.17) is 5.73 Å². The lowest BCUT2D eigenvalue weighted by molar-refractivity contribution is -0.134. The van der Waals surface area contributed by atoms with Crippen molar-refractivity contribution < 1.29 is 9.59 Å². The van der Waals surface area contributed by atoms with Crippen LogP contribution in [-0.2, 0) is 9.59 Å². The van der Waals surface area contributed by atoms with E-state index in [9.17, 15) is 9.59 Å². The van der Waals surface area contributed by atoms with Crippen LogP contribution < -0.4 is 5.73 Å². The highest BCUT2D eigenvalue weighted by Gasteiger charge is 2.27. The summed E-state index contributed by atoms with van der Waals surface area (Å²) in [6, 6.07) is 0. The van der Waals surface area contributed by atoms with Gasteiger partial charge in [0.2, 0.25) is 11.8 Å². The largest absolute Gasteiger partial charge is 0.369 e. The minimum Gasteiger partial charge on any atom is -0.369 e. The Bertz CT molecular complexity index is 293. The van der Waals surface area contributed by atoms with E-state index in [0.29, 0.717) is 6.54 Å². The van der Waals surface area contributed by atoms with E-state index in [2.05, 4.69) is 4.90 Å². The molecule has 2 amide bonds. The van der Waals surface area contributed by atoms with Crippen molar-refractivity contribution >= 4 is 11.8 Å². The van der Waals surface area contributed by atoms with Gasteiger partial charge in [-0.25, -0.2) is 0 Å². The Hall–Kier alpha value is -1.14. The maximum Gasteiger partial charge on any atom is 0.231 e. The predicted octanol–water partition coefficient (Wildman–Crippen LogP) is -1.58. The minimum atomic E-state index is -0.342.